The van der Waals surface area contributed by atoms with E-state index in [1.807, 2.05) is 30.3 Å². The molecule has 2 aromatic rings. The van der Waals surface area contributed by atoms with Gasteiger partial charge in [-0.3, -0.25) is 9.36 Å². The van der Waals surface area contributed by atoms with Crippen LogP contribution in [0, 0.1) is 0 Å². The molecule has 1 amide bonds. The fourth-order valence-electron chi connectivity index (χ4n) is 2.69. The molecule has 2 aromatic carbocycles. The topological polar surface area (TPSA) is 75.6 Å². The number of alkyl halides is 2. The Bertz CT molecular complexity index is 911. The van der Waals surface area contributed by atoms with Gasteiger partial charge in [0.25, 0.3) is 0 Å². The zero-order valence-corrected chi connectivity index (χ0v) is 19.3. The highest BCUT2D eigenvalue weighted by Crippen LogP contribution is 2.64. The molecule has 0 aromatic heterocycles. The normalized spacial score (nSPS) is 14.7. The van der Waals surface area contributed by atoms with Crippen LogP contribution < -0.4 is 5.32 Å². The molecule has 0 aliphatic carbocycles. The number of carbonyl (C=O) groups is 1. The molecule has 2 N–H and O–H groups in total. The summed E-state index contributed by atoms with van der Waals surface area (Å²) in [4.78, 5) is 22.0. The first-order valence-corrected chi connectivity index (χ1v) is 11.9. The zero-order chi connectivity index (χ0) is 22.4. The van der Waals surface area contributed by atoms with Gasteiger partial charge in [0.15, 0.2) is 0 Å². The second kappa shape index (κ2) is 10.6. The number of carbonyl (C=O) groups excluding carboxylic acids is 1. The average molecular weight is 504 g/mol. The van der Waals surface area contributed by atoms with E-state index in [-0.39, 0.29) is 16.8 Å². The minimum atomic E-state index is -5.25. The van der Waals surface area contributed by atoms with Crippen LogP contribution in [0.2, 0.25) is 0 Å². The van der Waals surface area contributed by atoms with E-state index in [0.29, 0.717) is 24.9 Å². The van der Waals surface area contributed by atoms with Gasteiger partial charge in [0.2, 0.25) is 5.91 Å². The minimum Gasteiger partial charge on any atom is -0.355 e. The summed E-state index contributed by atoms with van der Waals surface area (Å²) in [5.41, 5.74) is -3.16. The van der Waals surface area contributed by atoms with Crippen LogP contribution in [0.15, 0.2) is 53.0 Å². The second-order valence-electron chi connectivity index (χ2n) is 6.96. The molecule has 0 aliphatic heterocycles. The highest BCUT2D eigenvalue weighted by molar-refractivity contribution is 9.10. The van der Waals surface area contributed by atoms with Crippen molar-refractivity contribution in [1.29, 1.82) is 0 Å². The fraction of sp³-hybridized carbons (Fsp3) is 0.381. The van der Waals surface area contributed by atoms with Gasteiger partial charge in [-0.1, -0.05) is 65.3 Å². The maximum atomic E-state index is 14.7. The molecule has 30 heavy (non-hydrogen) atoms. The van der Waals surface area contributed by atoms with Gasteiger partial charge in [-0.05, 0) is 37.0 Å². The molecule has 164 valence electrons. The Hall–Kier alpha value is -1.60. The monoisotopic (exact) mass is 503 g/mol. The summed E-state index contributed by atoms with van der Waals surface area (Å²) >= 11 is 3.03. The Balaban J connectivity index is 2.01. The molecular weight excluding hydrogens is 479 g/mol. The Morgan fingerprint density at radius 1 is 1.23 bits per heavy atom. The van der Waals surface area contributed by atoms with Crippen molar-refractivity contribution in [2.75, 3.05) is 6.54 Å². The number of amides is 1. The van der Waals surface area contributed by atoms with Crippen molar-refractivity contribution in [1.82, 2.24) is 5.32 Å². The Kier molecular flexibility index (Phi) is 8.73. The molecule has 0 heterocycles. The number of hydrogen-bond donors (Lipinski definition) is 2. The van der Waals surface area contributed by atoms with Crippen LogP contribution in [0.3, 0.4) is 0 Å². The summed E-state index contributed by atoms with van der Waals surface area (Å²) in [5.74, 6) is -0.245. The van der Waals surface area contributed by atoms with E-state index >= 15 is 0 Å². The summed E-state index contributed by atoms with van der Waals surface area (Å²) in [6.07, 6.45) is 0.215. The van der Waals surface area contributed by atoms with Crippen LogP contribution in [0.4, 0.5) is 8.78 Å². The smallest absolute Gasteiger partial charge is 0.355 e. The first-order chi connectivity index (χ1) is 14.1. The van der Waals surface area contributed by atoms with Gasteiger partial charge in [-0.15, -0.1) is 0 Å². The van der Waals surface area contributed by atoms with Gasteiger partial charge < -0.3 is 14.7 Å². The molecule has 0 saturated heterocycles. The van der Waals surface area contributed by atoms with Crippen molar-refractivity contribution in [3.8, 4) is 0 Å². The van der Waals surface area contributed by atoms with Gasteiger partial charge in [0.05, 0.1) is 12.5 Å². The van der Waals surface area contributed by atoms with E-state index in [9.17, 15) is 23.0 Å². The first-order valence-electron chi connectivity index (χ1n) is 9.55. The Morgan fingerprint density at radius 2 is 1.90 bits per heavy atom. The highest BCUT2D eigenvalue weighted by Gasteiger charge is 2.54. The predicted molar refractivity (Wildman–Crippen MR) is 116 cm³/mol. The average Bonchev–Trinajstić information content (AvgIpc) is 2.68. The van der Waals surface area contributed by atoms with Gasteiger partial charge in [0.1, 0.15) is 0 Å². The SMILES string of the molecule is CCC(C)OP(=O)(O)C(F)(F)c1ccc(CC(=O)NCCc2ccccc2)cc1Br. The van der Waals surface area contributed by atoms with Crippen molar-refractivity contribution in [3.05, 3.63) is 69.7 Å². The molecule has 2 unspecified atom stereocenters. The molecule has 0 radical (unpaired) electrons. The number of rotatable bonds is 10. The number of nitrogens with one attached hydrogen (secondary N) is 1. The number of benzene rings is 2. The maximum Gasteiger partial charge on any atom is 0.402 e. The van der Waals surface area contributed by atoms with Crippen LogP contribution in [0.5, 0.6) is 0 Å². The maximum absolute atomic E-state index is 14.7. The molecule has 9 heteroatoms. The van der Waals surface area contributed by atoms with Crippen molar-refractivity contribution in [3.63, 3.8) is 0 Å². The van der Waals surface area contributed by atoms with Gasteiger partial charge in [-0.25, -0.2) is 0 Å². The van der Waals surface area contributed by atoms with Crippen LogP contribution in [-0.4, -0.2) is 23.4 Å². The lowest BCUT2D eigenvalue weighted by atomic mass is 10.1. The molecule has 0 spiro atoms. The van der Waals surface area contributed by atoms with E-state index in [0.717, 1.165) is 11.6 Å². The molecular formula is C21H25BrF2NO4P. The van der Waals surface area contributed by atoms with Crippen molar-refractivity contribution in [2.24, 2.45) is 0 Å². The highest BCUT2D eigenvalue weighted by atomic mass is 79.9. The largest absolute Gasteiger partial charge is 0.402 e. The second-order valence-corrected chi connectivity index (χ2v) is 9.63. The zero-order valence-electron chi connectivity index (χ0n) is 16.8. The molecule has 2 atom stereocenters. The van der Waals surface area contributed by atoms with Crippen LogP contribution in [-0.2, 0) is 32.4 Å². The van der Waals surface area contributed by atoms with Gasteiger partial charge in [0, 0.05) is 16.6 Å². The van der Waals surface area contributed by atoms with E-state index < -0.39 is 24.9 Å². The summed E-state index contributed by atoms with van der Waals surface area (Å²) in [6.45, 7) is 3.58. The number of hydrogen-bond acceptors (Lipinski definition) is 3. The van der Waals surface area contributed by atoms with E-state index in [1.54, 1.807) is 6.92 Å². The number of halogens is 3. The third-order valence-electron chi connectivity index (χ3n) is 4.55. The summed E-state index contributed by atoms with van der Waals surface area (Å²) in [6, 6.07) is 13.4. The predicted octanol–water partition coefficient (Wildman–Crippen LogP) is 5.40. The third-order valence-corrected chi connectivity index (χ3v) is 6.81. The Morgan fingerprint density at radius 3 is 2.50 bits per heavy atom. The van der Waals surface area contributed by atoms with Gasteiger partial charge >= 0.3 is 13.3 Å². The van der Waals surface area contributed by atoms with Crippen LogP contribution in [0.1, 0.15) is 37.0 Å². The van der Waals surface area contributed by atoms with Crippen molar-refractivity contribution in [2.45, 2.75) is 44.9 Å². The summed E-state index contributed by atoms with van der Waals surface area (Å²) < 4.78 is 46.1. The van der Waals surface area contributed by atoms with E-state index in [2.05, 4.69) is 21.2 Å². The third kappa shape index (κ3) is 6.45. The summed E-state index contributed by atoms with van der Waals surface area (Å²) in [7, 11) is -5.25. The lowest BCUT2D eigenvalue weighted by Crippen LogP contribution is -2.27. The minimum absolute atomic E-state index is 0.000600. The molecule has 0 saturated carbocycles. The van der Waals surface area contributed by atoms with Crippen molar-refractivity contribution >= 4 is 29.4 Å². The first kappa shape index (κ1) is 24.7. The fourth-order valence-corrected chi connectivity index (χ4v) is 4.79. The molecule has 0 aliphatic rings. The molecule has 5 nitrogen and oxygen atoms in total. The van der Waals surface area contributed by atoms with Crippen LogP contribution in [0.25, 0.3) is 0 Å². The molecule has 0 fully saturated rings. The lowest BCUT2D eigenvalue weighted by Gasteiger charge is -2.25. The summed E-state index contributed by atoms with van der Waals surface area (Å²) in [5, 5.41) is 2.79. The van der Waals surface area contributed by atoms with Crippen molar-refractivity contribution < 1.29 is 27.6 Å². The standard InChI is InChI=1S/C21H25BrF2NO4P/c1-3-15(2)29-30(27,28)21(23,24)18-10-9-17(13-19(18)22)14-20(26)25-12-11-16-7-5-4-6-8-16/h4-10,13,15H,3,11-12,14H2,1-2H3,(H,25,26)(H,27,28). The lowest BCUT2D eigenvalue weighted by molar-refractivity contribution is -0.120. The van der Waals surface area contributed by atoms with E-state index in [4.69, 9.17) is 4.52 Å². The van der Waals surface area contributed by atoms with Gasteiger partial charge in [-0.2, -0.15) is 8.78 Å². The van der Waals surface area contributed by atoms with E-state index in [1.165, 1.54) is 19.1 Å². The van der Waals surface area contributed by atoms with Crippen LogP contribution >= 0.6 is 23.5 Å². The molecule has 0 bridgehead atoms. The molecule has 2 rings (SSSR count). The Labute approximate surface area is 183 Å². The quantitative estimate of drug-likeness (QED) is 0.425.